The van der Waals surface area contributed by atoms with E-state index in [0.717, 1.165) is 24.2 Å². The minimum atomic E-state index is 0.145. The molecule has 3 heteroatoms. The van der Waals surface area contributed by atoms with E-state index in [1.165, 1.54) is 25.7 Å². The molecule has 0 heterocycles. The molecule has 0 amide bonds. The summed E-state index contributed by atoms with van der Waals surface area (Å²) in [6.45, 7) is 8.40. The molecule has 1 aliphatic carbocycles. The largest absolute Gasteiger partial charge is 0.394 e. The summed E-state index contributed by atoms with van der Waals surface area (Å²) >= 11 is 2.16. The zero-order chi connectivity index (χ0) is 12.7. The van der Waals surface area contributed by atoms with Gasteiger partial charge in [-0.05, 0) is 31.6 Å². The van der Waals surface area contributed by atoms with Crippen molar-refractivity contribution in [2.75, 3.05) is 19.8 Å². The third-order valence-corrected chi connectivity index (χ3v) is 4.82. The number of hydrogen-bond acceptors (Lipinski definition) is 3. The predicted molar refractivity (Wildman–Crippen MR) is 75.6 cm³/mol. The average molecular weight is 260 g/mol. The van der Waals surface area contributed by atoms with Gasteiger partial charge in [-0.25, -0.2) is 0 Å². The van der Waals surface area contributed by atoms with Crippen LogP contribution in [-0.4, -0.2) is 34.9 Å². The Hall–Kier alpha value is 0.270. The van der Waals surface area contributed by atoms with E-state index >= 15 is 0 Å². The van der Waals surface area contributed by atoms with Crippen LogP contribution in [0, 0.1) is 5.92 Å². The molecule has 0 aromatic carbocycles. The van der Waals surface area contributed by atoms with Crippen molar-refractivity contribution >= 4 is 11.8 Å². The van der Waals surface area contributed by atoms with Crippen molar-refractivity contribution in [2.24, 2.45) is 5.92 Å². The molecular formula is C14H28O2S. The maximum absolute atomic E-state index is 8.62. The maximum Gasteiger partial charge on any atom is 0.0697 e. The van der Waals surface area contributed by atoms with Gasteiger partial charge in [-0.3, -0.25) is 0 Å². The van der Waals surface area contributed by atoms with Crippen LogP contribution in [0.25, 0.3) is 0 Å². The molecule has 0 bridgehead atoms. The normalized spacial score (nSPS) is 25.4. The zero-order valence-electron chi connectivity index (χ0n) is 11.6. The SMILES string of the molecule is CC(C)(C)SC1CCCC1CCCOCCO. The van der Waals surface area contributed by atoms with Crippen LogP contribution >= 0.6 is 11.8 Å². The number of aliphatic hydroxyl groups excluding tert-OH is 1. The summed E-state index contributed by atoms with van der Waals surface area (Å²) in [7, 11) is 0. The van der Waals surface area contributed by atoms with E-state index in [2.05, 4.69) is 32.5 Å². The van der Waals surface area contributed by atoms with Gasteiger partial charge >= 0.3 is 0 Å². The van der Waals surface area contributed by atoms with Gasteiger partial charge in [0.25, 0.3) is 0 Å². The van der Waals surface area contributed by atoms with Crippen LogP contribution in [0.3, 0.4) is 0 Å². The van der Waals surface area contributed by atoms with E-state index in [1.807, 2.05) is 0 Å². The van der Waals surface area contributed by atoms with Gasteiger partial charge in [0.1, 0.15) is 0 Å². The maximum atomic E-state index is 8.62. The van der Waals surface area contributed by atoms with Gasteiger partial charge < -0.3 is 9.84 Å². The number of hydrogen-bond donors (Lipinski definition) is 1. The fraction of sp³-hybridized carbons (Fsp3) is 1.00. The number of rotatable bonds is 7. The molecule has 0 saturated heterocycles. The summed E-state index contributed by atoms with van der Waals surface area (Å²) in [5.41, 5.74) is 0. The number of ether oxygens (including phenoxy) is 1. The Morgan fingerprint density at radius 2 is 2.00 bits per heavy atom. The molecule has 17 heavy (non-hydrogen) atoms. The lowest BCUT2D eigenvalue weighted by Gasteiger charge is -2.27. The smallest absolute Gasteiger partial charge is 0.0697 e. The lowest BCUT2D eigenvalue weighted by atomic mass is 10.0. The third kappa shape index (κ3) is 6.68. The van der Waals surface area contributed by atoms with Gasteiger partial charge in [0.2, 0.25) is 0 Å². The van der Waals surface area contributed by atoms with Gasteiger partial charge in [-0.1, -0.05) is 27.2 Å². The fourth-order valence-corrected chi connectivity index (χ4v) is 4.21. The fourth-order valence-electron chi connectivity index (χ4n) is 2.56. The van der Waals surface area contributed by atoms with Gasteiger partial charge in [-0.2, -0.15) is 11.8 Å². The van der Waals surface area contributed by atoms with E-state index in [4.69, 9.17) is 9.84 Å². The molecule has 0 radical (unpaired) electrons. The first-order chi connectivity index (χ1) is 8.03. The molecule has 0 aliphatic heterocycles. The Labute approximate surface area is 111 Å². The highest BCUT2D eigenvalue weighted by molar-refractivity contribution is 8.01. The molecule has 2 atom stereocenters. The second kappa shape index (κ2) is 7.65. The van der Waals surface area contributed by atoms with Crippen LogP contribution in [0.1, 0.15) is 52.9 Å². The summed E-state index contributed by atoms with van der Waals surface area (Å²) in [5.74, 6) is 0.886. The minimum absolute atomic E-state index is 0.145. The molecule has 1 fully saturated rings. The molecular weight excluding hydrogens is 232 g/mol. The van der Waals surface area contributed by atoms with Crippen LogP contribution < -0.4 is 0 Å². The lowest BCUT2D eigenvalue weighted by Crippen LogP contribution is -2.19. The van der Waals surface area contributed by atoms with Crippen molar-refractivity contribution in [1.82, 2.24) is 0 Å². The highest BCUT2D eigenvalue weighted by Gasteiger charge is 2.30. The Bertz CT molecular complexity index is 201. The summed E-state index contributed by atoms with van der Waals surface area (Å²) in [4.78, 5) is 0. The Kier molecular flexibility index (Phi) is 6.90. The standard InChI is InChI=1S/C14H28O2S/c1-14(2,3)17-13-8-4-6-12(13)7-5-10-16-11-9-15/h12-13,15H,4-11H2,1-3H3. The summed E-state index contributed by atoms with van der Waals surface area (Å²) < 4.78 is 5.71. The van der Waals surface area contributed by atoms with Crippen LogP contribution in [0.4, 0.5) is 0 Å². The molecule has 2 unspecified atom stereocenters. The molecule has 1 N–H and O–H groups in total. The van der Waals surface area contributed by atoms with Gasteiger partial charge in [0.15, 0.2) is 0 Å². The summed E-state index contributed by atoms with van der Waals surface area (Å²) in [5, 5.41) is 9.47. The quantitative estimate of drug-likeness (QED) is 0.711. The molecule has 0 aromatic rings. The topological polar surface area (TPSA) is 29.5 Å². The molecule has 102 valence electrons. The Morgan fingerprint density at radius 1 is 1.24 bits per heavy atom. The summed E-state index contributed by atoms with van der Waals surface area (Å²) in [6, 6.07) is 0. The van der Waals surface area contributed by atoms with Crippen molar-refractivity contribution in [3.8, 4) is 0 Å². The van der Waals surface area contributed by atoms with Crippen molar-refractivity contribution < 1.29 is 9.84 Å². The van der Waals surface area contributed by atoms with Crippen LogP contribution in [0.2, 0.25) is 0 Å². The average Bonchev–Trinajstić information content (AvgIpc) is 2.63. The number of thioether (sulfide) groups is 1. The van der Waals surface area contributed by atoms with Crippen LogP contribution in [0.15, 0.2) is 0 Å². The molecule has 0 spiro atoms. The van der Waals surface area contributed by atoms with Crippen molar-refractivity contribution in [3.05, 3.63) is 0 Å². The number of aliphatic hydroxyl groups is 1. The molecule has 2 nitrogen and oxygen atoms in total. The van der Waals surface area contributed by atoms with E-state index < -0.39 is 0 Å². The first kappa shape index (κ1) is 15.3. The van der Waals surface area contributed by atoms with Crippen molar-refractivity contribution in [3.63, 3.8) is 0 Å². The van der Waals surface area contributed by atoms with Crippen LogP contribution in [-0.2, 0) is 4.74 Å². The first-order valence-electron chi connectivity index (χ1n) is 6.89. The Balaban J connectivity index is 2.18. The minimum Gasteiger partial charge on any atom is -0.394 e. The van der Waals surface area contributed by atoms with E-state index in [0.29, 0.717) is 11.4 Å². The highest BCUT2D eigenvalue weighted by Crippen LogP contribution is 2.42. The molecule has 0 aromatic heterocycles. The van der Waals surface area contributed by atoms with Gasteiger partial charge in [0, 0.05) is 16.6 Å². The molecule has 1 saturated carbocycles. The van der Waals surface area contributed by atoms with Gasteiger partial charge in [0.05, 0.1) is 13.2 Å². The lowest BCUT2D eigenvalue weighted by molar-refractivity contribution is 0.0878. The second-order valence-electron chi connectivity index (χ2n) is 5.94. The summed E-state index contributed by atoms with van der Waals surface area (Å²) in [6.07, 6.45) is 6.62. The van der Waals surface area contributed by atoms with Crippen LogP contribution in [0.5, 0.6) is 0 Å². The zero-order valence-corrected chi connectivity index (χ0v) is 12.4. The van der Waals surface area contributed by atoms with Crippen molar-refractivity contribution in [2.45, 2.75) is 62.9 Å². The third-order valence-electron chi connectivity index (χ3n) is 3.19. The monoisotopic (exact) mass is 260 g/mol. The Morgan fingerprint density at radius 3 is 2.65 bits per heavy atom. The second-order valence-corrected chi connectivity index (χ2v) is 8.00. The van der Waals surface area contributed by atoms with Gasteiger partial charge in [-0.15, -0.1) is 0 Å². The molecule has 1 aliphatic rings. The highest BCUT2D eigenvalue weighted by atomic mass is 32.2. The first-order valence-corrected chi connectivity index (χ1v) is 7.77. The van der Waals surface area contributed by atoms with E-state index in [1.54, 1.807) is 0 Å². The molecule has 1 rings (SSSR count). The van der Waals surface area contributed by atoms with E-state index in [9.17, 15) is 0 Å². The van der Waals surface area contributed by atoms with E-state index in [-0.39, 0.29) is 6.61 Å². The van der Waals surface area contributed by atoms with Crippen molar-refractivity contribution in [1.29, 1.82) is 0 Å². The predicted octanol–water partition coefficient (Wildman–Crippen LogP) is 3.48.